The molecule has 162 valence electrons. The van der Waals surface area contributed by atoms with Crippen molar-refractivity contribution in [2.24, 2.45) is 0 Å². The second-order valence-corrected chi connectivity index (χ2v) is 7.75. The molecule has 0 radical (unpaired) electrons. The molecular weight excluding hydrogens is 394 g/mol. The van der Waals surface area contributed by atoms with Gasteiger partial charge in [-0.05, 0) is 29.8 Å². The predicted molar refractivity (Wildman–Crippen MR) is 121 cm³/mol. The summed E-state index contributed by atoms with van der Waals surface area (Å²) in [7, 11) is 5.04. The number of para-hydroxylation sites is 1. The standard InChI is InChI=1S/C25H27NO5/c1-25(2)20-8-6-7-9-21(20)26(3)23(25)14-18(27)16-31-24(28)13-11-17-10-12-19(29-4)15-22(17)30-5/h6-15H,16H2,1-5H3. The lowest BCUT2D eigenvalue weighted by atomic mass is 9.83. The number of carbonyl (C=O) groups excluding carboxylic acids is 2. The molecule has 1 aliphatic heterocycles. The van der Waals surface area contributed by atoms with Gasteiger partial charge in [0.1, 0.15) is 11.5 Å². The van der Waals surface area contributed by atoms with E-state index in [2.05, 4.69) is 19.9 Å². The monoisotopic (exact) mass is 421 g/mol. The highest BCUT2D eigenvalue weighted by atomic mass is 16.5. The molecule has 2 aromatic rings. The Labute approximate surface area is 182 Å². The summed E-state index contributed by atoms with van der Waals surface area (Å²) in [6.45, 7) is 3.82. The minimum atomic E-state index is -0.605. The van der Waals surface area contributed by atoms with E-state index in [0.717, 1.165) is 16.9 Å². The van der Waals surface area contributed by atoms with Crippen LogP contribution >= 0.6 is 0 Å². The van der Waals surface area contributed by atoms with Crippen molar-refractivity contribution in [1.29, 1.82) is 0 Å². The van der Waals surface area contributed by atoms with Crippen molar-refractivity contribution in [2.45, 2.75) is 19.3 Å². The van der Waals surface area contributed by atoms with Crippen LogP contribution in [0.1, 0.15) is 25.0 Å². The Morgan fingerprint density at radius 2 is 1.81 bits per heavy atom. The number of nitrogens with zero attached hydrogens (tertiary/aromatic N) is 1. The average molecular weight is 421 g/mol. The molecular formula is C25H27NO5. The number of anilines is 1. The maximum Gasteiger partial charge on any atom is 0.331 e. The van der Waals surface area contributed by atoms with Crippen LogP contribution in [0.5, 0.6) is 11.5 Å². The Morgan fingerprint density at radius 3 is 2.48 bits per heavy atom. The molecule has 0 fully saturated rings. The van der Waals surface area contributed by atoms with Crippen molar-refractivity contribution in [2.75, 3.05) is 32.8 Å². The zero-order chi connectivity index (χ0) is 22.6. The lowest BCUT2D eigenvalue weighted by Gasteiger charge is -2.23. The van der Waals surface area contributed by atoms with Crippen molar-refractivity contribution in [3.63, 3.8) is 0 Å². The van der Waals surface area contributed by atoms with Crippen molar-refractivity contribution >= 4 is 23.5 Å². The zero-order valence-electron chi connectivity index (χ0n) is 18.5. The summed E-state index contributed by atoms with van der Waals surface area (Å²) in [6, 6.07) is 13.3. The molecule has 1 aliphatic rings. The second kappa shape index (κ2) is 9.08. The molecule has 0 aliphatic carbocycles. The van der Waals surface area contributed by atoms with Gasteiger partial charge in [-0.3, -0.25) is 4.79 Å². The number of rotatable bonds is 7. The number of hydrogen-bond acceptors (Lipinski definition) is 6. The van der Waals surface area contributed by atoms with E-state index in [0.29, 0.717) is 17.1 Å². The number of benzene rings is 2. The van der Waals surface area contributed by atoms with Crippen LogP contribution in [0.4, 0.5) is 5.69 Å². The van der Waals surface area contributed by atoms with E-state index in [-0.39, 0.29) is 17.8 Å². The molecule has 6 nitrogen and oxygen atoms in total. The third-order valence-corrected chi connectivity index (χ3v) is 5.43. The fourth-order valence-corrected chi connectivity index (χ4v) is 3.76. The van der Waals surface area contributed by atoms with E-state index in [4.69, 9.17) is 14.2 Å². The molecule has 0 unspecified atom stereocenters. The summed E-state index contributed by atoms with van der Waals surface area (Å²) in [6.07, 6.45) is 4.41. The molecule has 1 heterocycles. The predicted octanol–water partition coefficient (Wildman–Crippen LogP) is 4.14. The van der Waals surface area contributed by atoms with Gasteiger partial charge in [-0.2, -0.15) is 0 Å². The summed E-state index contributed by atoms with van der Waals surface area (Å²) >= 11 is 0. The molecule has 0 aromatic heterocycles. The molecule has 0 saturated carbocycles. The quantitative estimate of drug-likeness (QED) is 0.495. The van der Waals surface area contributed by atoms with Gasteiger partial charge in [0, 0.05) is 47.6 Å². The van der Waals surface area contributed by atoms with Gasteiger partial charge in [0.25, 0.3) is 0 Å². The van der Waals surface area contributed by atoms with E-state index in [1.807, 2.05) is 30.1 Å². The third-order valence-electron chi connectivity index (χ3n) is 5.43. The lowest BCUT2D eigenvalue weighted by Crippen LogP contribution is -2.25. The van der Waals surface area contributed by atoms with Crippen LogP contribution in [-0.2, 0) is 19.7 Å². The number of methoxy groups -OCH3 is 2. The van der Waals surface area contributed by atoms with Gasteiger partial charge >= 0.3 is 5.97 Å². The molecule has 3 rings (SSSR count). The SMILES string of the molecule is COc1ccc(C=CC(=O)OCC(=O)C=C2N(C)c3ccccc3C2(C)C)c(OC)c1. The van der Waals surface area contributed by atoms with E-state index in [9.17, 15) is 9.59 Å². The second-order valence-electron chi connectivity index (χ2n) is 7.75. The van der Waals surface area contributed by atoms with Crippen LogP contribution < -0.4 is 14.4 Å². The smallest absolute Gasteiger partial charge is 0.331 e. The summed E-state index contributed by atoms with van der Waals surface area (Å²) < 4.78 is 15.6. The molecule has 6 heteroatoms. The van der Waals surface area contributed by atoms with Crippen molar-refractivity contribution in [3.8, 4) is 11.5 Å². The van der Waals surface area contributed by atoms with Crippen LogP contribution in [0.3, 0.4) is 0 Å². The Kier molecular flexibility index (Phi) is 6.49. The lowest BCUT2D eigenvalue weighted by molar-refractivity contribution is -0.141. The molecule has 31 heavy (non-hydrogen) atoms. The van der Waals surface area contributed by atoms with Gasteiger partial charge in [-0.15, -0.1) is 0 Å². The Morgan fingerprint density at radius 1 is 1.06 bits per heavy atom. The molecule has 2 aromatic carbocycles. The number of likely N-dealkylation sites (N-methyl/N-ethyl adjacent to an activating group) is 1. The molecule has 0 atom stereocenters. The Bertz CT molecular complexity index is 1050. The normalized spacial score (nSPS) is 15.8. The third kappa shape index (κ3) is 4.63. The van der Waals surface area contributed by atoms with Gasteiger partial charge in [0.2, 0.25) is 0 Å². The van der Waals surface area contributed by atoms with E-state index in [1.54, 1.807) is 37.5 Å². The highest BCUT2D eigenvalue weighted by molar-refractivity contribution is 5.96. The molecule has 0 bridgehead atoms. The summed E-state index contributed by atoms with van der Waals surface area (Å²) in [5.41, 5.74) is 3.48. The van der Waals surface area contributed by atoms with E-state index < -0.39 is 5.97 Å². The number of carbonyl (C=O) groups is 2. The van der Waals surface area contributed by atoms with Crippen LogP contribution in [-0.4, -0.2) is 39.6 Å². The minimum Gasteiger partial charge on any atom is -0.497 e. The zero-order valence-corrected chi connectivity index (χ0v) is 18.5. The van der Waals surface area contributed by atoms with Crippen molar-refractivity contribution in [1.82, 2.24) is 0 Å². The number of fused-ring (bicyclic) bond motifs is 1. The Balaban J connectivity index is 1.64. The fourth-order valence-electron chi connectivity index (χ4n) is 3.76. The first-order valence-electron chi connectivity index (χ1n) is 9.93. The molecule has 0 spiro atoms. The van der Waals surface area contributed by atoms with E-state index in [1.165, 1.54) is 13.2 Å². The maximum atomic E-state index is 12.5. The molecule has 0 N–H and O–H groups in total. The number of ether oxygens (including phenoxy) is 3. The van der Waals surface area contributed by atoms with Crippen LogP contribution in [0.2, 0.25) is 0 Å². The first-order valence-corrected chi connectivity index (χ1v) is 9.93. The van der Waals surface area contributed by atoms with Gasteiger partial charge in [0.05, 0.1) is 14.2 Å². The van der Waals surface area contributed by atoms with Gasteiger partial charge in [-0.1, -0.05) is 32.0 Å². The van der Waals surface area contributed by atoms with Crippen LogP contribution in [0.25, 0.3) is 6.08 Å². The summed E-state index contributed by atoms with van der Waals surface area (Å²) in [5, 5.41) is 0. The first-order chi connectivity index (χ1) is 14.8. The first kappa shape index (κ1) is 22.2. The highest BCUT2D eigenvalue weighted by Crippen LogP contribution is 2.46. The van der Waals surface area contributed by atoms with Crippen molar-refractivity contribution in [3.05, 3.63) is 71.4 Å². The van der Waals surface area contributed by atoms with Gasteiger partial charge in [-0.25, -0.2) is 4.79 Å². The Hall–Kier alpha value is -3.54. The van der Waals surface area contributed by atoms with Crippen LogP contribution in [0, 0.1) is 0 Å². The van der Waals surface area contributed by atoms with E-state index >= 15 is 0 Å². The molecule has 0 amide bonds. The minimum absolute atomic E-state index is 0.272. The van der Waals surface area contributed by atoms with Gasteiger partial charge in [0.15, 0.2) is 12.4 Å². The maximum absolute atomic E-state index is 12.5. The van der Waals surface area contributed by atoms with Crippen molar-refractivity contribution < 1.29 is 23.8 Å². The number of allylic oxidation sites excluding steroid dienone is 1. The van der Waals surface area contributed by atoms with Gasteiger partial charge < -0.3 is 19.1 Å². The molecule has 0 saturated heterocycles. The summed E-state index contributed by atoms with van der Waals surface area (Å²) in [4.78, 5) is 26.6. The number of esters is 1. The average Bonchev–Trinajstić information content (AvgIpc) is 2.97. The van der Waals surface area contributed by atoms with Crippen LogP contribution in [0.15, 0.2) is 60.3 Å². The fraction of sp³-hybridized carbons (Fsp3) is 0.280. The highest BCUT2D eigenvalue weighted by Gasteiger charge is 2.38. The number of ketones is 1. The number of hydrogen-bond donors (Lipinski definition) is 0. The topological polar surface area (TPSA) is 65.1 Å². The summed E-state index contributed by atoms with van der Waals surface area (Å²) in [5.74, 6) is 0.339. The largest absolute Gasteiger partial charge is 0.497 e.